The lowest BCUT2D eigenvalue weighted by Gasteiger charge is -2.44. The summed E-state index contributed by atoms with van der Waals surface area (Å²) in [4.78, 5) is 27.7. The average Bonchev–Trinajstić information content (AvgIpc) is 3.60. The maximum atomic E-state index is 13.9. The van der Waals surface area contributed by atoms with E-state index in [-0.39, 0.29) is 5.91 Å². The summed E-state index contributed by atoms with van der Waals surface area (Å²) in [5.74, 6) is -1.45. The van der Waals surface area contributed by atoms with Gasteiger partial charge in [0.05, 0.1) is 31.4 Å². The van der Waals surface area contributed by atoms with Crippen LogP contribution in [0.1, 0.15) is 37.9 Å². The van der Waals surface area contributed by atoms with Gasteiger partial charge in [0.1, 0.15) is 22.8 Å². The number of aliphatic carboxylic acids is 1. The van der Waals surface area contributed by atoms with Gasteiger partial charge in [-0.05, 0) is 47.5 Å². The molecule has 1 saturated carbocycles. The minimum atomic E-state index is -0.993. The number of ether oxygens (including phenoxy) is 2. The monoisotopic (exact) mass is 451 g/mol. The van der Waals surface area contributed by atoms with Gasteiger partial charge < -0.3 is 19.5 Å². The van der Waals surface area contributed by atoms with Crippen molar-refractivity contribution in [1.82, 2.24) is 25.1 Å². The molecule has 2 saturated heterocycles. The van der Waals surface area contributed by atoms with Crippen LogP contribution in [0.3, 0.4) is 0 Å². The number of tetrazole rings is 1. The fraction of sp³-hybridized carbons (Fsp3) is 0.522. The molecule has 1 spiro atoms. The van der Waals surface area contributed by atoms with Crippen LogP contribution in [0.5, 0.6) is 5.75 Å². The molecule has 3 fully saturated rings. The highest BCUT2D eigenvalue weighted by Crippen LogP contribution is 2.56. The van der Waals surface area contributed by atoms with Gasteiger partial charge in [-0.2, -0.15) is 4.68 Å². The summed E-state index contributed by atoms with van der Waals surface area (Å²) in [5, 5.41) is 22.5. The number of carbonyl (C=O) groups excluding carboxylic acids is 1. The van der Waals surface area contributed by atoms with Crippen molar-refractivity contribution >= 4 is 11.9 Å². The van der Waals surface area contributed by atoms with Crippen molar-refractivity contribution < 1.29 is 24.2 Å². The van der Waals surface area contributed by atoms with Gasteiger partial charge in [0, 0.05) is 0 Å². The van der Waals surface area contributed by atoms with Crippen LogP contribution in [-0.2, 0) is 19.9 Å². The molecule has 1 aromatic carbocycles. The molecule has 1 amide bonds. The summed E-state index contributed by atoms with van der Waals surface area (Å²) >= 11 is 0. The Hall–Kier alpha value is -3.27. The van der Waals surface area contributed by atoms with Crippen LogP contribution < -0.4 is 4.74 Å². The number of hydrogen-bond acceptors (Lipinski definition) is 7. The van der Waals surface area contributed by atoms with Gasteiger partial charge in [-0.3, -0.25) is 9.59 Å². The molecule has 10 heteroatoms. The van der Waals surface area contributed by atoms with E-state index >= 15 is 0 Å². The fourth-order valence-electron chi connectivity index (χ4n) is 6.27. The highest BCUT2D eigenvalue weighted by atomic mass is 16.5. The molecule has 4 heterocycles. The summed E-state index contributed by atoms with van der Waals surface area (Å²) in [6, 6.07) is 7.44. The zero-order valence-corrected chi connectivity index (χ0v) is 18.3. The van der Waals surface area contributed by atoms with Crippen LogP contribution in [0.4, 0.5) is 0 Å². The Morgan fingerprint density at radius 2 is 1.97 bits per heavy atom. The molecule has 0 unspecified atom stereocenters. The fourth-order valence-corrected chi connectivity index (χ4v) is 6.27. The number of aromatic nitrogens is 4. The highest BCUT2D eigenvalue weighted by Gasteiger charge is 2.69. The molecule has 2 aromatic rings. The van der Waals surface area contributed by atoms with Crippen LogP contribution in [0.15, 0.2) is 36.4 Å². The molecule has 0 radical (unpaired) electrons. The van der Waals surface area contributed by atoms with E-state index in [9.17, 15) is 14.7 Å². The van der Waals surface area contributed by atoms with Crippen LogP contribution in [-0.4, -0.2) is 67.4 Å². The molecule has 4 aliphatic rings. The standard InChI is InChI=1S/C23H25N5O5/c1-32-15-7-5-14(6-8-15)28-21(24-25-26-28)22(10-3-2-4-11-22)27-13-23-12-9-16(33-23)17(20(30)31)18(23)19(27)29/h5-9,12,16-18H,2-4,10-11,13H2,1H3,(H,30,31)/t16-,17+,18-,23-/m1/s1. The van der Waals surface area contributed by atoms with Crippen LogP contribution in [0.25, 0.3) is 5.69 Å². The van der Waals surface area contributed by atoms with Gasteiger partial charge in [0.25, 0.3) is 0 Å². The van der Waals surface area contributed by atoms with E-state index in [1.807, 2.05) is 35.2 Å². The zero-order chi connectivity index (χ0) is 22.8. The summed E-state index contributed by atoms with van der Waals surface area (Å²) < 4.78 is 13.1. The van der Waals surface area contributed by atoms with Crippen molar-refractivity contribution in [3.8, 4) is 11.4 Å². The molecular formula is C23H25N5O5. The SMILES string of the molecule is COc1ccc(-n2nnnc2C2(N3C[C@@]45C=C[C@@H](O4)[C@H](C(=O)O)[C@@H]5C3=O)CCCCC2)cc1. The number of hydrogen-bond donors (Lipinski definition) is 1. The zero-order valence-electron chi connectivity index (χ0n) is 18.3. The number of fused-ring (bicyclic) bond motifs is 1. The normalized spacial score (nSPS) is 31.7. The lowest BCUT2D eigenvalue weighted by Crippen LogP contribution is -2.52. The Morgan fingerprint density at radius 1 is 1.21 bits per heavy atom. The van der Waals surface area contributed by atoms with Gasteiger partial charge in [-0.25, -0.2) is 0 Å². The Balaban J connectivity index is 1.44. The van der Waals surface area contributed by atoms with E-state index in [1.54, 1.807) is 17.9 Å². The van der Waals surface area contributed by atoms with E-state index in [1.165, 1.54) is 0 Å². The number of carbonyl (C=O) groups is 2. The molecule has 2 bridgehead atoms. The van der Waals surface area contributed by atoms with Gasteiger partial charge >= 0.3 is 5.97 Å². The minimum Gasteiger partial charge on any atom is -0.497 e. The second kappa shape index (κ2) is 7.11. The first-order valence-electron chi connectivity index (χ1n) is 11.3. The number of rotatable bonds is 5. The van der Waals surface area contributed by atoms with Crippen LogP contribution in [0, 0.1) is 11.8 Å². The quantitative estimate of drug-likeness (QED) is 0.682. The molecular weight excluding hydrogens is 426 g/mol. The number of benzene rings is 1. The van der Waals surface area contributed by atoms with Gasteiger partial charge in [0.2, 0.25) is 5.91 Å². The molecule has 6 rings (SSSR count). The Bertz CT molecular complexity index is 1140. The van der Waals surface area contributed by atoms with Crippen molar-refractivity contribution in [2.24, 2.45) is 11.8 Å². The second-order valence-electron chi connectivity index (χ2n) is 9.37. The third-order valence-electron chi connectivity index (χ3n) is 7.79. The molecule has 33 heavy (non-hydrogen) atoms. The lowest BCUT2D eigenvalue weighted by atomic mass is 9.77. The maximum Gasteiger partial charge on any atom is 0.310 e. The number of nitrogens with zero attached hydrogens (tertiary/aromatic N) is 5. The first kappa shape index (κ1) is 20.3. The summed E-state index contributed by atoms with van der Waals surface area (Å²) in [7, 11) is 1.61. The number of amides is 1. The predicted molar refractivity (Wildman–Crippen MR) is 114 cm³/mol. The third kappa shape index (κ3) is 2.73. The number of carboxylic acid groups (broad SMARTS) is 1. The van der Waals surface area contributed by atoms with Crippen LogP contribution in [0.2, 0.25) is 0 Å². The molecule has 1 aromatic heterocycles. The predicted octanol–water partition coefficient (Wildman–Crippen LogP) is 1.70. The van der Waals surface area contributed by atoms with E-state index < -0.39 is 35.0 Å². The topological polar surface area (TPSA) is 120 Å². The van der Waals surface area contributed by atoms with Crippen molar-refractivity contribution in [2.45, 2.75) is 49.3 Å². The van der Waals surface area contributed by atoms with E-state index in [0.29, 0.717) is 25.2 Å². The Labute approximate surface area is 190 Å². The van der Waals surface area contributed by atoms with Crippen LogP contribution >= 0.6 is 0 Å². The molecule has 3 aliphatic heterocycles. The first-order valence-corrected chi connectivity index (χ1v) is 11.3. The van der Waals surface area contributed by atoms with E-state index in [4.69, 9.17) is 9.47 Å². The summed E-state index contributed by atoms with van der Waals surface area (Å²) in [6.45, 7) is 0.308. The number of likely N-dealkylation sites (tertiary alicyclic amines) is 1. The van der Waals surface area contributed by atoms with E-state index in [0.717, 1.165) is 30.7 Å². The number of methoxy groups -OCH3 is 1. The lowest BCUT2D eigenvalue weighted by molar-refractivity contribution is -0.150. The van der Waals surface area contributed by atoms with Crippen molar-refractivity contribution in [2.75, 3.05) is 13.7 Å². The van der Waals surface area contributed by atoms with Gasteiger partial charge in [-0.1, -0.05) is 31.4 Å². The molecule has 4 atom stereocenters. The van der Waals surface area contributed by atoms with Crippen molar-refractivity contribution in [3.05, 3.63) is 42.2 Å². The highest BCUT2D eigenvalue weighted by molar-refractivity contribution is 5.91. The molecule has 172 valence electrons. The first-order chi connectivity index (χ1) is 16.0. The van der Waals surface area contributed by atoms with Gasteiger partial charge in [0.15, 0.2) is 5.82 Å². The summed E-state index contributed by atoms with van der Waals surface area (Å²) in [6.07, 6.45) is 7.48. The average molecular weight is 451 g/mol. The minimum absolute atomic E-state index is 0.180. The summed E-state index contributed by atoms with van der Waals surface area (Å²) in [5.41, 5.74) is -0.852. The second-order valence-corrected chi connectivity index (χ2v) is 9.37. The smallest absolute Gasteiger partial charge is 0.310 e. The van der Waals surface area contributed by atoms with Crippen molar-refractivity contribution in [1.29, 1.82) is 0 Å². The van der Waals surface area contributed by atoms with E-state index in [2.05, 4.69) is 15.5 Å². The third-order valence-corrected chi connectivity index (χ3v) is 7.79. The molecule has 1 N–H and O–H groups in total. The Kier molecular flexibility index (Phi) is 4.39. The molecule has 1 aliphatic carbocycles. The van der Waals surface area contributed by atoms with Crippen molar-refractivity contribution in [3.63, 3.8) is 0 Å². The Morgan fingerprint density at radius 3 is 2.67 bits per heavy atom. The largest absolute Gasteiger partial charge is 0.497 e. The number of carboxylic acids is 1. The van der Waals surface area contributed by atoms with Gasteiger partial charge in [-0.15, -0.1) is 5.10 Å². The maximum absolute atomic E-state index is 13.9. The molecule has 10 nitrogen and oxygen atoms in total.